The van der Waals surface area contributed by atoms with Gasteiger partial charge in [0, 0.05) is 45.8 Å². The fourth-order valence-electron chi connectivity index (χ4n) is 3.91. The molecule has 1 saturated carbocycles. The molecule has 0 unspecified atom stereocenters. The summed E-state index contributed by atoms with van der Waals surface area (Å²) >= 11 is 1.76. The van der Waals surface area contributed by atoms with Crippen molar-refractivity contribution in [3.8, 4) is 10.4 Å². The number of carbonyl (C=O) groups is 2. The van der Waals surface area contributed by atoms with Crippen molar-refractivity contribution >= 4 is 45.0 Å². The van der Waals surface area contributed by atoms with Gasteiger partial charge in [-0.2, -0.15) is 0 Å². The topological polar surface area (TPSA) is 58.5 Å². The quantitative estimate of drug-likeness (QED) is 0.715. The van der Waals surface area contributed by atoms with E-state index in [0.29, 0.717) is 25.8 Å². The van der Waals surface area contributed by atoms with Gasteiger partial charge in [0.15, 0.2) is 0 Å². The van der Waals surface area contributed by atoms with E-state index in [4.69, 9.17) is 0 Å². The van der Waals surface area contributed by atoms with E-state index in [-0.39, 0.29) is 17.6 Å². The first-order valence-corrected chi connectivity index (χ1v) is 9.97. The molecule has 2 aliphatic rings. The molecule has 1 N–H and O–H groups in total. The summed E-state index contributed by atoms with van der Waals surface area (Å²) < 4.78 is 1.25. The molecule has 1 atom stereocenters. The van der Waals surface area contributed by atoms with E-state index in [1.165, 1.54) is 20.5 Å². The van der Waals surface area contributed by atoms with Gasteiger partial charge in [0.1, 0.15) is 5.78 Å². The monoisotopic (exact) mass is 374 g/mol. The van der Waals surface area contributed by atoms with Crippen LogP contribution in [0.15, 0.2) is 47.5 Å². The van der Waals surface area contributed by atoms with Gasteiger partial charge in [-0.1, -0.05) is 18.2 Å². The molecule has 2 aromatic carbocycles. The number of nitrogens with zero attached hydrogens (tertiary/aromatic N) is 1. The van der Waals surface area contributed by atoms with Crippen molar-refractivity contribution in [2.45, 2.75) is 25.8 Å². The average molecular weight is 374 g/mol. The number of ketones is 1. The van der Waals surface area contributed by atoms with Gasteiger partial charge in [0.25, 0.3) is 0 Å². The van der Waals surface area contributed by atoms with Crippen molar-refractivity contribution in [3.63, 3.8) is 0 Å². The number of hydrogen-bond donors (Lipinski definition) is 1. The van der Waals surface area contributed by atoms with Crippen molar-refractivity contribution in [2.75, 3.05) is 5.32 Å². The average Bonchev–Trinajstić information content (AvgIpc) is 3.39. The summed E-state index contributed by atoms with van der Waals surface area (Å²) in [4.78, 5) is 29.7. The molecular weight excluding hydrogens is 356 g/mol. The zero-order valence-corrected chi connectivity index (χ0v) is 15.5. The summed E-state index contributed by atoms with van der Waals surface area (Å²) in [5, 5.41) is 4.26. The molecule has 5 heteroatoms. The highest BCUT2D eigenvalue weighted by atomic mass is 32.1. The lowest BCUT2D eigenvalue weighted by Gasteiger charge is -2.13. The highest BCUT2D eigenvalue weighted by Gasteiger charge is 2.28. The third kappa shape index (κ3) is 2.98. The number of anilines is 1. The molecule has 5 rings (SSSR count). The fraction of sp³-hybridized carbons (Fsp3) is 0.227. The van der Waals surface area contributed by atoms with Gasteiger partial charge >= 0.3 is 0 Å². The van der Waals surface area contributed by atoms with Gasteiger partial charge in [-0.3, -0.25) is 14.6 Å². The van der Waals surface area contributed by atoms with E-state index in [9.17, 15) is 9.59 Å². The van der Waals surface area contributed by atoms with Crippen LogP contribution in [-0.4, -0.2) is 17.9 Å². The first-order chi connectivity index (χ1) is 13.2. The third-order valence-electron chi connectivity index (χ3n) is 5.34. The van der Waals surface area contributed by atoms with Crippen molar-refractivity contribution in [2.24, 2.45) is 10.9 Å². The maximum Gasteiger partial charge on any atom is 0.227 e. The molecular formula is C22H18N2O2S. The Hall–Kier alpha value is -2.79. The minimum atomic E-state index is -0.202. The number of nitrogens with one attached hydrogen (secondary N) is 1. The van der Waals surface area contributed by atoms with Gasteiger partial charge in [-0.05, 0) is 47.2 Å². The Bertz CT molecular complexity index is 1080. The highest BCUT2D eigenvalue weighted by molar-refractivity contribution is 7.22. The molecule has 1 fully saturated rings. The molecule has 0 radical (unpaired) electrons. The normalized spacial score (nSPS) is 18.2. The molecule has 0 bridgehead atoms. The lowest BCUT2D eigenvalue weighted by molar-refractivity contribution is -0.122. The predicted molar refractivity (Wildman–Crippen MR) is 110 cm³/mol. The Morgan fingerprint density at radius 3 is 2.89 bits per heavy atom. The van der Waals surface area contributed by atoms with E-state index >= 15 is 0 Å². The number of fused-ring (bicyclic) bond motifs is 2. The molecule has 1 amide bonds. The molecule has 1 aliphatic carbocycles. The summed E-state index contributed by atoms with van der Waals surface area (Å²) in [6.07, 6.45) is 3.41. The Labute approximate surface area is 160 Å². The van der Waals surface area contributed by atoms with E-state index in [0.717, 1.165) is 16.8 Å². The second kappa shape index (κ2) is 6.43. The molecule has 1 aliphatic heterocycles. The van der Waals surface area contributed by atoms with Gasteiger partial charge in [-0.15, -0.1) is 11.3 Å². The van der Waals surface area contributed by atoms with Crippen molar-refractivity contribution in [1.29, 1.82) is 0 Å². The molecule has 4 nitrogen and oxygen atoms in total. The fourth-order valence-corrected chi connectivity index (χ4v) is 5.02. The molecule has 0 saturated heterocycles. The standard InChI is InChI=1S/C22H18N2O2S/c25-17-6-5-14(8-17)22(26)24-16-7-15-11-23-12-19(15)18(10-16)21-9-13-3-1-2-4-20(13)27-21/h1-4,7,9-11,14H,5-6,8,12H2,(H,24,26)/t14-/m1/s1. The molecule has 2 heterocycles. The zero-order valence-electron chi connectivity index (χ0n) is 14.7. The first kappa shape index (κ1) is 16.4. The summed E-state index contributed by atoms with van der Waals surface area (Å²) in [7, 11) is 0. The van der Waals surface area contributed by atoms with Gasteiger partial charge in [0.2, 0.25) is 5.91 Å². The second-order valence-electron chi connectivity index (χ2n) is 7.18. The zero-order chi connectivity index (χ0) is 18.4. The van der Waals surface area contributed by atoms with Crippen molar-refractivity contribution < 1.29 is 9.59 Å². The Balaban J connectivity index is 1.52. The molecule has 27 heavy (non-hydrogen) atoms. The van der Waals surface area contributed by atoms with E-state index in [1.54, 1.807) is 11.3 Å². The Morgan fingerprint density at radius 2 is 2.07 bits per heavy atom. The number of rotatable bonds is 3. The van der Waals surface area contributed by atoms with Gasteiger partial charge in [0.05, 0.1) is 6.54 Å². The number of thiophene rings is 1. The van der Waals surface area contributed by atoms with E-state index < -0.39 is 0 Å². The largest absolute Gasteiger partial charge is 0.326 e. The predicted octanol–water partition coefficient (Wildman–Crippen LogP) is 4.81. The van der Waals surface area contributed by atoms with Crippen LogP contribution in [0.1, 0.15) is 30.4 Å². The summed E-state index contributed by atoms with van der Waals surface area (Å²) in [6, 6.07) is 14.6. The number of amides is 1. The smallest absolute Gasteiger partial charge is 0.227 e. The van der Waals surface area contributed by atoms with Crippen LogP contribution in [0.2, 0.25) is 0 Å². The number of aliphatic imine (C=N–C) groups is 1. The van der Waals surface area contributed by atoms with Crippen LogP contribution in [-0.2, 0) is 16.1 Å². The molecule has 3 aromatic rings. The van der Waals surface area contributed by atoms with Crippen LogP contribution in [0.3, 0.4) is 0 Å². The number of Topliss-reactive ketones (excluding diaryl/α,β-unsaturated/α-hetero) is 1. The van der Waals surface area contributed by atoms with Crippen LogP contribution in [0.5, 0.6) is 0 Å². The van der Waals surface area contributed by atoms with Gasteiger partial charge in [-0.25, -0.2) is 0 Å². The molecule has 134 valence electrons. The van der Waals surface area contributed by atoms with Crippen molar-refractivity contribution in [1.82, 2.24) is 0 Å². The third-order valence-corrected chi connectivity index (χ3v) is 6.49. The van der Waals surface area contributed by atoms with Gasteiger partial charge < -0.3 is 5.32 Å². The van der Waals surface area contributed by atoms with Crippen LogP contribution in [0.4, 0.5) is 5.69 Å². The minimum absolute atomic E-state index is 0.0574. The number of carbonyl (C=O) groups excluding carboxylic acids is 2. The minimum Gasteiger partial charge on any atom is -0.326 e. The number of hydrogen-bond acceptors (Lipinski definition) is 4. The summed E-state index contributed by atoms with van der Waals surface area (Å²) in [5.41, 5.74) is 4.17. The maximum absolute atomic E-state index is 12.6. The molecule has 0 spiro atoms. The second-order valence-corrected chi connectivity index (χ2v) is 8.26. The van der Waals surface area contributed by atoms with Crippen LogP contribution in [0, 0.1) is 5.92 Å². The highest BCUT2D eigenvalue weighted by Crippen LogP contribution is 2.39. The SMILES string of the molecule is O=C1CC[C@@H](C(=O)Nc2cc3c(c(-c4cc5ccccc5s4)c2)CN=C3)C1. The molecule has 1 aromatic heterocycles. The lowest BCUT2D eigenvalue weighted by atomic mass is 10.00. The first-order valence-electron chi connectivity index (χ1n) is 9.15. The van der Waals surface area contributed by atoms with E-state index in [1.807, 2.05) is 24.4 Å². The number of benzene rings is 2. The summed E-state index contributed by atoms with van der Waals surface area (Å²) in [6.45, 7) is 0.671. The summed E-state index contributed by atoms with van der Waals surface area (Å²) in [5.74, 6) is -0.0765. The van der Waals surface area contributed by atoms with E-state index in [2.05, 4.69) is 34.6 Å². The van der Waals surface area contributed by atoms with Crippen LogP contribution >= 0.6 is 11.3 Å². The van der Waals surface area contributed by atoms with Crippen LogP contribution in [0.25, 0.3) is 20.5 Å². The van der Waals surface area contributed by atoms with Crippen molar-refractivity contribution in [3.05, 3.63) is 53.6 Å². The Morgan fingerprint density at radius 1 is 1.19 bits per heavy atom. The lowest BCUT2D eigenvalue weighted by Crippen LogP contribution is -2.21. The maximum atomic E-state index is 12.6. The Kier molecular flexibility index (Phi) is 3.90. The van der Waals surface area contributed by atoms with Crippen LogP contribution < -0.4 is 5.32 Å².